The average molecular weight is 391 g/mol. The molecule has 1 aliphatic rings. The van der Waals surface area contributed by atoms with E-state index in [0.29, 0.717) is 13.1 Å². The minimum absolute atomic E-state index is 0. The van der Waals surface area contributed by atoms with Gasteiger partial charge in [-0.2, -0.15) is 13.2 Å². The largest absolute Gasteiger partial charge is 0.416 e. The third-order valence-electron chi connectivity index (χ3n) is 3.95. The van der Waals surface area contributed by atoms with Crippen LogP contribution in [0.5, 0.6) is 0 Å². The second-order valence-corrected chi connectivity index (χ2v) is 6.78. The van der Waals surface area contributed by atoms with Crippen molar-refractivity contribution in [2.45, 2.75) is 33.0 Å². The van der Waals surface area contributed by atoms with Crippen molar-refractivity contribution < 1.29 is 17.6 Å². The van der Waals surface area contributed by atoms with Gasteiger partial charge in [-0.1, -0.05) is 20.8 Å². The zero-order chi connectivity index (χ0) is 16.5. The van der Waals surface area contributed by atoms with Gasteiger partial charge in [0, 0.05) is 32.2 Å². The molecule has 8 heteroatoms. The van der Waals surface area contributed by atoms with Gasteiger partial charge in [0.25, 0.3) is 0 Å². The molecule has 0 bridgehead atoms. The smallest absolute Gasteiger partial charge is 0.314 e. The molecule has 1 saturated heterocycles. The summed E-state index contributed by atoms with van der Waals surface area (Å²) in [5.41, 5.74) is -1.15. The van der Waals surface area contributed by atoms with Gasteiger partial charge in [0.05, 0.1) is 5.56 Å². The number of rotatable bonds is 2. The van der Waals surface area contributed by atoms with E-state index in [1.165, 1.54) is 0 Å². The molecule has 0 amide bonds. The Morgan fingerprint density at radius 2 is 1.58 bits per heavy atom. The van der Waals surface area contributed by atoms with Gasteiger partial charge >= 0.3 is 6.18 Å². The van der Waals surface area contributed by atoms with Crippen LogP contribution in [0.25, 0.3) is 0 Å². The molecular weight excluding hydrogens is 367 g/mol. The third-order valence-corrected chi connectivity index (χ3v) is 3.95. The second kappa shape index (κ2) is 8.70. The van der Waals surface area contributed by atoms with Gasteiger partial charge < -0.3 is 5.32 Å². The summed E-state index contributed by atoms with van der Waals surface area (Å²) in [5.74, 6) is -0.632. The first-order chi connectivity index (χ1) is 10.1. The lowest BCUT2D eigenvalue weighted by molar-refractivity contribution is -0.139. The van der Waals surface area contributed by atoms with Crippen LogP contribution in [0, 0.1) is 11.2 Å². The van der Waals surface area contributed by atoms with Gasteiger partial charge in [-0.05, 0) is 29.2 Å². The fourth-order valence-electron chi connectivity index (χ4n) is 3.17. The van der Waals surface area contributed by atoms with E-state index in [2.05, 4.69) is 5.32 Å². The maximum atomic E-state index is 13.7. The van der Waals surface area contributed by atoms with Crippen molar-refractivity contribution in [3.8, 4) is 0 Å². The Bertz CT molecular complexity index is 524. The number of hydrogen-bond donors (Lipinski definition) is 1. The van der Waals surface area contributed by atoms with Crippen LogP contribution in [0.4, 0.5) is 17.6 Å². The molecule has 0 spiro atoms. The minimum atomic E-state index is -4.49. The normalized spacial score (nSPS) is 17.6. The molecule has 0 radical (unpaired) electrons. The van der Waals surface area contributed by atoms with Crippen molar-refractivity contribution in [3.63, 3.8) is 0 Å². The zero-order valence-corrected chi connectivity index (χ0v) is 15.5. The minimum Gasteiger partial charge on any atom is -0.314 e. The molecule has 140 valence electrons. The molecule has 0 aliphatic carbocycles. The van der Waals surface area contributed by atoms with E-state index in [0.717, 1.165) is 31.3 Å². The lowest BCUT2D eigenvalue weighted by Gasteiger charge is -2.43. The van der Waals surface area contributed by atoms with Gasteiger partial charge in [-0.3, -0.25) is 4.90 Å². The van der Waals surface area contributed by atoms with E-state index in [1.807, 2.05) is 25.7 Å². The fourth-order valence-corrected chi connectivity index (χ4v) is 3.17. The Morgan fingerprint density at radius 1 is 1.04 bits per heavy atom. The Labute approximate surface area is 152 Å². The first-order valence-electron chi connectivity index (χ1n) is 7.42. The fraction of sp³-hybridized carbons (Fsp3) is 0.625. The van der Waals surface area contributed by atoms with Crippen LogP contribution < -0.4 is 5.32 Å². The Morgan fingerprint density at radius 3 is 2.04 bits per heavy atom. The predicted molar refractivity (Wildman–Crippen MR) is 92.5 cm³/mol. The van der Waals surface area contributed by atoms with E-state index in [-0.39, 0.29) is 30.4 Å². The van der Waals surface area contributed by atoms with Crippen molar-refractivity contribution in [2.75, 3.05) is 26.2 Å². The molecule has 2 rings (SSSR count). The van der Waals surface area contributed by atoms with Crippen molar-refractivity contribution in [1.82, 2.24) is 10.2 Å². The molecule has 1 atom stereocenters. The van der Waals surface area contributed by atoms with Crippen molar-refractivity contribution in [2.24, 2.45) is 5.41 Å². The van der Waals surface area contributed by atoms with Gasteiger partial charge in [0.2, 0.25) is 0 Å². The Balaban J connectivity index is 0.00000264. The summed E-state index contributed by atoms with van der Waals surface area (Å²) in [5, 5.41) is 3.19. The van der Waals surface area contributed by atoms with Crippen LogP contribution in [0.1, 0.15) is 37.9 Å². The number of nitrogens with zero attached hydrogens (tertiary/aromatic N) is 1. The molecule has 1 N–H and O–H groups in total. The van der Waals surface area contributed by atoms with Crippen LogP contribution in [0.15, 0.2) is 18.2 Å². The summed E-state index contributed by atoms with van der Waals surface area (Å²) in [7, 11) is 0. The molecule has 1 heterocycles. The molecule has 1 aromatic carbocycles. The second-order valence-electron chi connectivity index (χ2n) is 6.78. The average Bonchev–Trinajstić information content (AvgIpc) is 2.37. The Kier molecular flexibility index (Phi) is 8.49. The Hall–Kier alpha value is -0.560. The molecule has 0 saturated carbocycles. The maximum Gasteiger partial charge on any atom is 0.416 e. The summed E-state index contributed by atoms with van der Waals surface area (Å²) in [6.07, 6.45) is -4.49. The van der Waals surface area contributed by atoms with Crippen LogP contribution in [-0.2, 0) is 6.18 Å². The summed E-state index contributed by atoms with van der Waals surface area (Å²) >= 11 is 0. The summed E-state index contributed by atoms with van der Waals surface area (Å²) in [6, 6.07) is 2.29. The van der Waals surface area contributed by atoms with Gasteiger partial charge in [-0.15, -0.1) is 24.8 Å². The lowest BCUT2D eigenvalue weighted by Crippen LogP contribution is -2.48. The van der Waals surface area contributed by atoms with Crippen LogP contribution >= 0.6 is 24.8 Å². The van der Waals surface area contributed by atoms with Crippen molar-refractivity contribution >= 4 is 24.8 Å². The third kappa shape index (κ3) is 5.48. The zero-order valence-electron chi connectivity index (χ0n) is 13.9. The van der Waals surface area contributed by atoms with E-state index in [4.69, 9.17) is 0 Å². The van der Waals surface area contributed by atoms with Crippen molar-refractivity contribution in [1.29, 1.82) is 0 Å². The molecule has 0 aromatic heterocycles. The molecule has 1 aliphatic heterocycles. The van der Waals surface area contributed by atoms with Gasteiger partial charge in [0.15, 0.2) is 0 Å². The number of alkyl halides is 3. The lowest BCUT2D eigenvalue weighted by atomic mass is 9.79. The predicted octanol–water partition coefficient (Wildman–Crippen LogP) is 4.68. The molecule has 1 fully saturated rings. The standard InChI is InChI=1S/C16H22F4N2.2ClH/c1-15(2,3)14(22-8-6-21-7-9-22)12-10-11(17)4-5-13(12)16(18,19)20;;/h4-5,10,14,21H,6-9H2,1-3H3;2*1H/t14-;;/m0../s1. The maximum absolute atomic E-state index is 13.7. The van der Waals surface area contributed by atoms with Crippen LogP contribution in [0.2, 0.25) is 0 Å². The number of hydrogen-bond acceptors (Lipinski definition) is 2. The van der Waals surface area contributed by atoms with Gasteiger partial charge in [0.1, 0.15) is 5.82 Å². The summed E-state index contributed by atoms with van der Waals surface area (Å²) in [6.45, 7) is 8.43. The van der Waals surface area contributed by atoms with Crippen molar-refractivity contribution in [3.05, 3.63) is 35.1 Å². The molecule has 0 unspecified atom stereocenters. The number of piperazine rings is 1. The summed E-state index contributed by atoms with van der Waals surface area (Å²) < 4.78 is 53.7. The first kappa shape index (κ1) is 23.4. The van der Waals surface area contributed by atoms with E-state index in [9.17, 15) is 17.6 Å². The monoisotopic (exact) mass is 390 g/mol. The van der Waals surface area contributed by atoms with E-state index in [1.54, 1.807) is 0 Å². The molecule has 2 nitrogen and oxygen atoms in total. The highest BCUT2D eigenvalue weighted by Crippen LogP contribution is 2.44. The topological polar surface area (TPSA) is 15.3 Å². The van der Waals surface area contributed by atoms with Gasteiger partial charge in [-0.25, -0.2) is 4.39 Å². The quantitative estimate of drug-likeness (QED) is 0.737. The molecule has 1 aromatic rings. The molecule has 24 heavy (non-hydrogen) atoms. The summed E-state index contributed by atoms with van der Waals surface area (Å²) in [4.78, 5) is 2.01. The highest BCUT2D eigenvalue weighted by molar-refractivity contribution is 5.85. The number of nitrogens with one attached hydrogen (secondary N) is 1. The van der Waals surface area contributed by atoms with Crippen LogP contribution in [-0.4, -0.2) is 31.1 Å². The van der Waals surface area contributed by atoms with Crippen LogP contribution in [0.3, 0.4) is 0 Å². The highest BCUT2D eigenvalue weighted by Gasteiger charge is 2.40. The van der Waals surface area contributed by atoms with E-state index < -0.39 is 29.0 Å². The molecular formula is C16H24Cl2F4N2. The van der Waals surface area contributed by atoms with E-state index >= 15 is 0 Å². The highest BCUT2D eigenvalue weighted by atomic mass is 35.5. The first-order valence-corrected chi connectivity index (χ1v) is 7.42. The number of benzene rings is 1. The SMILES string of the molecule is CC(C)(C)[C@H](c1cc(F)ccc1C(F)(F)F)N1CCNCC1.Cl.Cl. The number of halogens is 6.